The first-order chi connectivity index (χ1) is 10.1. The lowest BCUT2D eigenvalue weighted by Gasteiger charge is -2.25. The fraction of sp³-hybridized carbons (Fsp3) is 0.429. The number of nitrogens with zero attached hydrogens (tertiary/aromatic N) is 1. The normalized spacial score (nSPS) is 10.9. The standard InChI is InChI=1S/C14H19N3O5/c1-9-10(5-4-6-11(9)17(21)22)15-13(20)16-14(2,3)8-7-12(18)19/h4-6H,7-8H2,1-3H3,(H,18,19)(H2,15,16,20). The summed E-state index contributed by atoms with van der Waals surface area (Å²) in [6.07, 6.45) is 0.201. The lowest BCUT2D eigenvalue weighted by molar-refractivity contribution is -0.385. The lowest BCUT2D eigenvalue weighted by Crippen LogP contribution is -2.45. The zero-order valence-electron chi connectivity index (χ0n) is 12.7. The van der Waals surface area contributed by atoms with Crippen LogP contribution in [0.25, 0.3) is 0 Å². The highest BCUT2D eigenvalue weighted by Gasteiger charge is 2.22. The zero-order chi connectivity index (χ0) is 16.9. The van der Waals surface area contributed by atoms with E-state index in [1.165, 1.54) is 12.1 Å². The number of anilines is 1. The number of aliphatic carboxylic acids is 1. The molecular formula is C14H19N3O5. The number of carbonyl (C=O) groups is 2. The van der Waals surface area contributed by atoms with Crippen LogP contribution in [0.4, 0.5) is 16.2 Å². The second-order valence-electron chi connectivity index (χ2n) is 5.56. The molecule has 0 saturated carbocycles. The highest BCUT2D eigenvalue weighted by molar-refractivity contribution is 5.91. The Bertz CT molecular complexity index is 598. The largest absolute Gasteiger partial charge is 0.481 e. The molecule has 0 aromatic heterocycles. The van der Waals surface area contributed by atoms with Gasteiger partial charge in [-0.1, -0.05) is 6.07 Å². The van der Waals surface area contributed by atoms with Crippen LogP contribution in [0.3, 0.4) is 0 Å². The van der Waals surface area contributed by atoms with Gasteiger partial charge in [0.2, 0.25) is 0 Å². The Morgan fingerprint density at radius 1 is 1.36 bits per heavy atom. The molecule has 0 aliphatic rings. The van der Waals surface area contributed by atoms with E-state index < -0.39 is 22.5 Å². The van der Waals surface area contributed by atoms with Crippen LogP contribution in [-0.4, -0.2) is 27.6 Å². The van der Waals surface area contributed by atoms with Gasteiger partial charge in [0, 0.05) is 18.0 Å². The number of carboxylic acid groups (broad SMARTS) is 1. The molecule has 22 heavy (non-hydrogen) atoms. The lowest BCUT2D eigenvalue weighted by atomic mass is 9.99. The molecule has 120 valence electrons. The molecule has 1 rings (SSSR count). The van der Waals surface area contributed by atoms with Crippen molar-refractivity contribution in [3.05, 3.63) is 33.9 Å². The maximum absolute atomic E-state index is 12.0. The Morgan fingerprint density at radius 3 is 2.55 bits per heavy atom. The van der Waals surface area contributed by atoms with Gasteiger partial charge < -0.3 is 15.7 Å². The van der Waals surface area contributed by atoms with E-state index in [1.54, 1.807) is 26.8 Å². The number of nitrogens with one attached hydrogen (secondary N) is 2. The van der Waals surface area contributed by atoms with Gasteiger partial charge in [0.25, 0.3) is 5.69 Å². The first-order valence-electron chi connectivity index (χ1n) is 6.67. The molecule has 3 N–H and O–H groups in total. The maximum atomic E-state index is 12.0. The number of urea groups is 1. The third-order valence-corrected chi connectivity index (χ3v) is 3.17. The van der Waals surface area contributed by atoms with Gasteiger partial charge in [-0.3, -0.25) is 14.9 Å². The summed E-state index contributed by atoms with van der Waals surface area (Å²) in [6.45, 7) is 4.95. The minimum atomic E-state index is -0.940. The second kappa shape index (κ2) is 6.88. The van der Waals surface area contributed by atoms with Crippen LogP contribution in [0.15, 0.2) is 18.2 Å². The van der Waals surface area contributed by atoms with Gasteiger partial charge >= 0.3 is 12.0 Å². The van der Waals surface area contributed by atoms with Crippen molar-refractivity contribution in [3.63, 3.8) is 0 Å². The summed E-state index contributed by atoms with van der Waals surface area (Å²) in [5.74, 6) is -0.940. The van der Waals surface area contributed by atoms with Crippen LogP contribution < -0.4 is 10.6 Å². The molecule has 0 bridgehead atoms. The number of carboxylic acids is 1. The quantitative estimate of drug-likeness (QED) is 0.551. The molecule has 0 spiro atoms. The maximum Gasteiger partial charge on any atom is 0.319 e. The second-order valence-corrected chi connectivity index (χ2v) is 5.56. The van der Waals surface area contributed by atoms with Gasteiger partial charge in [0.15, 0.2) is 0 Å². The molecule has 0 fully saturated rings. The van der Waals surface area contributed by atoms with Crippen LogP contribution in [0.1, 0.15) is 32.3 Å². The van der Waals surface area contributed by atoms with Crippen LogP contribution in [0, 0.1) is 17.0 Å². The fourth-order valence-corrected chi connectivity index (χ4v) is 1.90. The highest BCUT2D eigenvalue weighted by Crippen LogP contribution is 2.25. The summed E-state index contributed by atoms with van der Waals surface area (Å²) in [5.41, 5.74) is -0.105. The van der Waals surface area contributed by atoms with Crippen LogP contribution in [-0.2, 0) is 4.79 Å². The van der Waals surface area contributed by atoms with Gasteiger partial charge in [-0.2, -0.15) is 0 Å². The van der Waals surface area contributed by atoms with Crippen LogP contribution >= 0.6 is 0 Å². The third kappa shape index (κ3) is 5.04. The summed E-state index contributed by atoms with van der Waals surface area (Å²) in [4.78, 5) is 32.9. The Morgan fingerprint density at radius 2 is 2.00 bits per heavy atom. The molecule has 0 unspecified atom stereocenters. The zero-order valence-corrected chi connectivity index (χ0v) is 12.7. The SMILES string of the molecule is Cc1c(NC(=O)NC(C)(C)CCC(=O)O)cccc1[N+](=O)[O-]. The van der Waals surface area contributed by atoms with Crippen molar-refractivity contribution in [3.8, 4) is 0 Å². The van der Waals surface area contributed by atoms with Crippen molar-refractivity contribution in [2.75, 3.05) is 5.32 Å². The minimum absolute atomic E-state index is 0.0664. The number of rotatable bonds is 6. The molecule has 2 amide bonds. The number of carbonyl (C=O) groups excluding carboxylic acids is 1. The Labute approximate surface area is 127 Å². The van der Waals surface area contributed by atoms with Gasteiger partial charge in [0.05, 0.1) is 16.2 Å². The predicted molar refractivity (Wildman–Crippen MR) is 80.9 cm³/mol. The average molecular weight is 309 g/mol. The van der Waals surface area contributed by atoms with Crippen molar-refractivity contribution in [2.45, 2.75) is 39.2 Å². The van der Waals surface area contributed by atoms with E-state index in [1.807, 2.05) is 0 Å². The number of nitro groups is 1. The average Bonchev–Trinajstić information content (AvgIpc) is 2.38. The van der Waals surface area contributed by atoms with Gasteiger partial charge in [-0.05, 0) is 33.3 Å². The topological polar surface area (TPSA) is 122 Å². The Kier molecular flexibility index (Phi) is 5.44. The summed E-state index contributed by atoms with van der Waals surface area (Å²) in [7, 11) is 0. The fourth-order valence-electron chi connectivity index (χ4n) is 1.90. The monoisotopic (exact) mass is 309 g/mol. The van der Waals surface area contributed by atoms with Crippen molar-refractivity contribution in [1.82, 2.24) is 5.32 Å². The van der Waals surface area contributed by atoms with Crippen molar-refractivity contribution >= 4 is 23.4 Å². The van der Waals surface area contributed by atoms with E-state index in [4.69, 9.17) is 5.11 Å². The molecule has 1 aromatic rings. The molecular weight excluding hydrogens is 290 g/mol. The smallest absolute Gasteiger partial charge is 0.319 e. The Hall–Kier alpha value is -2.64. The molecule has 8 nitrogen and oxygen atoms in total. The third-order valence-electron chi connectivity index (χ3n) is 3.17. The van der Waals surface area contributed by atoms with Gasteiger partial charge in [0.1, 0.15) is 0 Å². The number of benzene rings is 1. The van der Waals surface area contributed by atoms with E-state index in [0.717, 1.165) is 0 Å². The van der Waals surface area contributed by atoms with Gasteiger partial charge in [-0.25, -0.2) is 4.79 Å². The molecule has 0 aliphatic carbocycles. The first kappa shape index (κ1) is 17.4. The van der Waals surface area contributed by atoms with Crippen molar-refractivity contribution in [2.24, 2.45) is 0 Å². The summed E-state index contributed by atoms with van der Waals surface area (Å²) in [6, 6.07) is 3.86. The van der Waals surface area contributed by atoms with Crippen LogP contribution in [0.2, 0.25) is 0 Å². The van der Waals surface area contributed by atoms with E-state index in [9.17, 15) is 19.7 Å². The molecule has 0 aliphatic heterocycles. The van der Waals surface area contributed by atoms with E-state index in [0.29, 0.717) is 11.3 Å². The van der Waals surface area contributed by atoms with Crippen LogP contribution in [0.5, 0.6) is 0 Å². The number of amides is 2. The number of hydrogen-bond donors (Lipinski definition) is 3. The molecule has 0 radical (unpaired) electrons. The molecule has 8 heteroatoms. The number of hydrogen-bond acceptors (Lipinski definition) is 4. The highest BCUT2D eigenvalue weighted by atomic mass is 16.6. The minimum Gasteiger partial charge on any atom is -0.481 e. The van der Waals surface area contributed by atoms with Crippen molar-refractivity contribution in [1.29, 1.82) is 0 Å². The summed E-state index contributed by atoms with van der Waals surface area (Å²) >= 11 is 0. The Balaban J connectivity index is 2.75. The van der Waals surface area contributed by atoms with E-state index >= 15 is 0 Å². The summed E-state index contributed by atoms with van der Waals surface area (Å²) in [5, 5.41) is 24.7. The molecule has 0 heterocycles. The van der Waals surface area contributed by atoms with Gasteiger partial charge in [-0.15, -0.1) is 0 Å². The number of nitro benzene ring substituents is 1. The summed E-state index contributed by atoms with van der Waals surface area (Å²) < 4.78 is 0. The van der Waals surface area contributed by atoms with Crippen molar-refractivity contribution < 1.29 is 19.6 Å². The first-order valence-corrected chi connectivity index (χ1v) is 6.67. The molecule has 1 aromatic carbocycles. The predicted octanol–water partition coefficient (Wildman–Crippen LogP) is 2.67. The van der Waals surface area contributed by atoms with E-state index in [-0.39, 0.29) is 18.5 Å². The molecule has 0 saturated heterocycles. The molecule has 0 atom stereocenters. The van der Waals surface area contributed by atoms with E-state index in [2.05, 4.69) is 10.6 Å².